The van der Waals surface area contributed by atoms with Crippen LogP contribution in [0.4, 0.5) is 8.78 Å². The van der Waals surface area contributed by atoms with Crippen molar-refractivity contribution in [1.82, 2.24) is 4.90 Å². The largest absolute Gasteiger partial charge is 0.490 e. The van der Waals surface area contributed by atoms with Crippen molar-refractivity contribution < 1.29 is 28.2 Å². The van der Waals surface area contributed by atoms with Crippen molar-refractivity contribution in [3.05, 3.63) is 58.6 Å². The van der Waals surface area contributed by atoms with Crippen LogP contribution in [0, 0.1) is 11.6 Å². The molecule has 2 atom stereocenters. The topological polar surface area (TPSA) is 85.0 Å². The standard InChI is InChI=1S/C21H23ClF2N2O4/c22-14-1-3-16(4-2-14)30-17-5-6-26(11-17)10-15(27)12-29-20-9-19(24)18(23)7-13(20)8-21(25)28/h1-4,7,9,15,17,27H,5-6,8,10-12H2,(H2,25,28). The molecule has 0 bridgehead atoms. The molecule has 1 saturated heterocycles. The number of nitrogens with two attached hydrogens (primary N) is 1. The number of hydrogen-bond donors (Lipinski definition) is 2. The van der Waals surface area contributed by atoms with Gasteiger partial charge in [-0.25, -0.2) is 8.78 Å². The molecule has 3 rings (SSSR count). The van der Waals surface area contributed by atoms with Crippen molar-refractivity contribution in [1.29, 1.82) is 0 Å². The van der Waals surface area contributed by atoms with Gasteiger partial charge in [0.05, 0.1) is 6.42 Å². The highest BCUT2D eigenvalue weighted by molar-refractivity contribution is 6.30. The molecule has 0 aliphatic carbocycles. The van der Waals surface area contributed by atoms with Crippen molar-refractivity contribution in [2.24, 2.45) is 5.73 Å². The van der Waals surface area contributed by atoms with Crippen LogP contribution in [-0.4, -0.2) is 54.4 Å². The molecule has 30 heavy (non-hydrogen) atoms. The number of likely N-dealkylation sites (tertiary alicyclic amines) is 1. The molecular formula is C21H23ClF2N2O4. The van der Waals surface area contributed by atoms with Crippen LogP contribution in [-0.2, 0) is 11.2 Å². The molecule has 0 saturated carbocycles. The highest BCUT2D eigenvalue weighted by Gasteiger charge is 2.26. The smallest absolute Gasteiger partial charge is 0.221 e. The molecule has 2 aromatic rings. The molecule has 1 fully saturated rings. The van der Waals surface area contributed by atoms with Gasteiger partial charge in [0.25, 0.3) is 0 Å². The van der Waals surface area contributed by atoms with Gasteiger partial charge in [-0.3, -0.25) is 9.69 Å². The van der Waals surface area contributed by atoms with E-state index in [1.807, 2.05) is 4.90 Å². The normalized spacial score (nSPS) is 17.7. The summed E-state index contributed by atoms with van der Waals surface area (Å²) in [5, 5.41) is 10.9. The van der Waals surface area contributed by atoms with Crippen molar-refractivity contribution in [2.45, 2.75) is 25.0 Å². The lowest BCUT2D eigenvalue weighted by molar-refractivity contribution is -0.117. The van der Waals surface area contributed by atoms with Crippen molar-refractivity contribution >= 4 is 17.5 Å². The Morgan fingerprint density at radius 1 is 1.27 bits per heavy atom. The molecule has 0 aromatic heterocycles. The number of benzene rings is 2. The highest BCUT2D eigenvalue weighted by atomic mass is 35.5. The van der Waals surface area contributed by atoms with Gasteiger partial charge in [-0.05, 0) is 36.8 Å². The summed E-state index contributed by atoms with van der Waals surface area (Å²) in [4.78, 5) is 13.2. The van der Waals surface area contributed by atoms with Gasteiger partial charge in [0.15, 0.2) is 11.6 Å². The highest BCUT2D eigenvalue weighted by Crippen LogP contribution is 2.24. The minimum Gasteiger partial charge on any atom is -0.490 e. The van der Waals surface area contributed by atoms with E-state index in [1.165, 1.54) is 0 Å². The molecule has 2 aromatic carbocycles. The number of β-amino-alcohol motifs (C(OH)–C–C–N with tert-alkyl or cyclic N) is 1. The Balaban J connectivity index is 1.49. The quantitative estimate of drug-likeness (QED) is 0.626. The summed E-state index contributed by atoms with van der Waals surface area (Å²) in [5.74, 6) is -2.18. The molecule has 1 aliphatic heterocycles. The maximum Gasteiger partial charge on any atom is 0.221 e. The summed E-state index contributed by atoms with van der Waals surface area (Å²) in [7, 11) is 0. The zero-order valence-corrected chi connectivity index (χ0v) is 16.9. The first-order valence-corrected chi connectivity index (χ1v) is 9.89. The molecule has 162 valence electrons. The number of aliphatic hydroxyl groups excluding tert-OH is 1. The lowest BCUT2D eigenvalue weighted by atomic mass is 10.1. The number of nitrogens with zero attached hydrogens (tertiary/aromatic N) is 1. The van der Waals surface area contributed by atoms with Crippen LogP contribution in [0.15, 0.2) is 36.4 Å². The van der Waals surface area contributed by atoms with E-state index in [0.29, 0.717) is 18.1 Å². The SMILES string of the molecule is NC(=O)Cc1cc(F)c(F)cc1OCC(O)CN1CCC(Oc2ccc(Cl)cc2)C1. The van der Waals surface area contributed by atoms with Crippen LogP contribution in [0.1, 0.15) is 12.0 Å². The van der Waals surface area contributed by atoms with Gasteiger partial charge in [0.2, 0.25) is 5.91 Å². The predicted molar refractivity (Wildman–Crippen MR) is 108 cm³/mol. The molecule has 0 spiro atoms. The Morgan fingerprint density at radius 3 is 2.67 bits per heavy atom. The van der Waals surface area contributed by atoms with E-state index in [9.17, 15) is 18.7 Å². The zero-order valence-electron chi connectivity index (χ0n) is 16.2. The van der Waals surface area contributed by atoms with Gasteiger partial charge in [-0.1, -0.05) is 11.6 Å². The molecule has 1 heterocycles. The Bertz CT molecular complexity index is 882. The number of aliphatic hydroxyl groups is 1. The molecular weight excluding hydrogens is 418 g/mol. The van der Waals surface area contributed by atoms with Gasteiger partial charge in [0, 0.05) is 36.3 Å². The van der Waals surface area contributed by atoms with E-state index >= 15 is 0 Å². The first kappa shape index (κ1) is 22.3. The summed E-state index contributed by atoms with van der Waals surface area (Å²) >= 11 is 5.87. The predicted octanol–water partition coefficient (Wildman–Crippen LogP) is 2.54. The molecule has 6 nitrogen and oxygen atoms in total. The van der Waals surface area contributed by atoms with Crippen LogP contribution >= 0.6 is 11.6 Å². The third-order valence-electron chi connectivity index (χ3n) is 4.71. The third-order valence-corrected chi connectivity index (χ3v) is 4.97. The lowest BCUT2D eigenvalue weighted by Gasteiger charge is -2.21. The van der Waals surface area contributed by atoms with Crippen LogP contribution in [0.3, 0.4) is 0 Å². The second-order valence-corrected chi connectivity index (χ2v) is 7.66. The minimum atomic E-state index is -1.10. The van der Waals surface area contributed by atoms with E-state index < -0.39 is 23.6 Å². The average Bonchev–Trinajstić information content (AvgIpc) is 3.11. The molecule has 1 amide bonds. The Morgan fingerprint density at radius 2 is 1.97 bits per heavy atom. The van der Waals surface area contributed by atoms with E-state index in [4.69, 9.17) is 26.8 Å². The van der Waals surface area contributed by atoms with Gasteiger partial charge < -0.3 is 20.3 Å². The Kier molecular flexibility index (Phi) is 7.47. The first-order chi connectivity index (χ1) is 14.3. The second-order valence-electron chi connectivity index (χ2n) is 7.22. The van der Waals surface area contributed by atoms with E-state index in [1.54, 1.807) is 24.3 Å². The van der Waals surface area contributed by atoms with E-state index in [-0.39, 0.29) is 30.4 Å². The van der Waals surface area contributed by atoms with Gasteiger partial charge in [-0.15, -0.1) is 0 Å². The van der Waals surface area contributed by atoms with Crippen LogP contribution < -0.4 is 15.2 Å². The Labute approximate surface area is 178 Å². The van der Waals surface area contributed by atoms with Gasteiger partial charge in [0.1, 0.15) is 30.3 Å². The van der Waals surface area contributed by atoms with Crippen molar-refractivity contribution in [3.8, 4) is 11.5 Å². The maximum atomic E-state index is 13.5. The number of primary amides is 1. The molecule has 1 aliphatic rings. The van der Waals surface area contributed by atoms with Gasteiger partial charge in [-0.2, -0.15) is 0 Å². The fraction of sp³-hybridized carbons (Fsp3) is 0.381. The fourth-order valence-corrected chi connectivity index (χ4v) is 3.46. The average molecular weight is 441 g/mol. The Hall–Kier alpha value is -2.42. The van der Waals surface area contributed by atoms with E-state index in [2.05, 4.69) is 0 Å². The second kappa shape index (κ2) is 10.1. The molecule has 3 N–H and O–H groups in total. The number of halogens is 3. The first-order valence-electron chi connectivity index (χ1n) is 9.52. The van der Waals surface area contributed by atoms with Crippen molar-refractivity contribution in [2.75, 3.05) is 26.2 Å². The molecule has 9 heteroatoms. The number of carbonyl (C=O) groups excluding carboxylic acids is 1. The monoisotopic (exact) mass is 440 g/mol. The third kappa shape index (κ3) is 6.29. The summed E-state index contributed by atoms with van der Waals surface area (Å²) in [6.45, 7) is 1.57. The summed E-state index contributed by atoms with van der Waals surface area (Å²) in [6.07, 6.45) is -0.359. The zero-order chi connectivity index (χ0) is 21.7. The minimum absolute atomic E-state index is 0.00680. The van der Waals surface area contributed by atoms with Crippen molar-refractivity contribution in [3.63, 3.8) is 0 Å². The maximum absolute atomic E-state index is 13.5. The van der Waals surface area contributed by atoms with E-state index in [0.717, 1.165) is 30.8 Å². The molecule has 2 unspecified atom stereocenters. The summed E-state index contributed by atoms with van der Waals surface area (Å²) in [5.41, 5.74) is 5.27. The number of amides is 1. The summed E-state index contributed by atoms with van der Waals surface area (Å²) < 4.78 is 38.3. The fourth-order valence-electron chi connectivity index (χ4n) is 3.33. The molecule has 0 radical (unpaired) electrons. The van der Waals surface area contributed by atoms with Crippen LogP contribution in [0.25, 0.3) is 0 Å². The number of carbonyl (C=O) groups is 1. The lowest BCUT2D eigenvalue weighted by Crippen LogP contribution is -2.35. The number of hydrogen-bond acceptors (Lipinski definition) is 5. The van der Waals surface area contributed by atoms with Crippen LogP contribution in [0.2, 0.25) is 5.02 Å². The number of ether oxygens (including phenoxy) is 2. The van der Waals surface area contributed by atoms with Gasteiger partial charge >= 0.3 is 0 Å². The summed E-state index contributed by atoms with van der Waals surface area (Å²) in [6, 6.07) is 8.86. The number of rotatable bonds is 9. The van der Waals surface area contributed by atoms with Crippen LogP contribution in [0.5, 0.6) is 11.5 Å².